The lowest BCUT2D eigenvalue weighted by atomic mass is 10.0. The van der Waals surface area contributed by atoms with E-state index < -0.39 is 23.8 Å². The third-order valence-corrected chi connectivity index (χ3v) is 7.65. The van der Waals surface area contributed by atoms with Crippen molar-refractivity contribution in [1.82, 2.24) is 24.8 Å². The molecule has 2 amide bonds. The van der Waals surface area contributed by atoms with Gasteiger partial charge in [0.15, 0.2) is 0 Å². The van der Waals surface area contributed by atoms with Crippen LogP contribution in [0.1, 0.15) is 43.5 Å². The minimum Gasteiger partial charge on any atom is -0.497 e. The van der Waals surface area contributed by atoms with Crippen LogP contribution in [0.4, 0.5) is 15.1 Å². The molecule has 2 aromatic heterocycles. The van der Waals surface area contributed by atoms with E-state index >= 15 is 0 Å². The van der Waals surface area contributed by atoms with Crippen molar-refractivity contribution in [3.8, 4) is 17.0 Å². The molecule has 13 heteroatoms. The number of benzene rings is 1. The van der Waals surface area contributed by atoms with E-state index in [9.17, 15) is 19.1 Å². The van der Waals surface area contributed by atoms with Gasteiger partial charge in [0.1, 0.15) is 17.6 Å². The van der Waals surface area contributed by atoms with Gasteiger partial charge in [0.2, 0.25) is 11.9 Å². The Morgan fingerprint density at radius 1 is 1.29 bits per heavy atom. The van der Waals surface area contributed by atoms with Gasteiger partial charge in [0.05, 0.1) is 36.6 Å². The molecule has 3 aromatic rings. The summed E-state index contributed by atoms with van der Waals surface area (Å²) in [4.78, 5) is 36.9. The highest BCUT2D eigenvalue weighted by molar-refractivity contribution is 6.32. The Labute approximate surface area is 241 Å². The molecular formula is C28H32ClFN6O5. The smallest absolute Gasteiger partial charge is 0.329 e. The van der Waals surface area contributed by atoms with Crippen molar-refractivity contribution in [2.24, 2.45) is 0 Å². The fourth-order valence-electron chi connectivity index (χ4n) is 5.07. The molecule has 11 nitrogen and oxygen atoms in total. The van der Waals surface area contributed by atoms with E-state index in [4.69, 9.17) is 21.1 Å². The summed E-state index contributed by atoms with van der Waals surface area (Å²) >= 11 is 6.43. The summed E-state index contributed by atoms with van der Waals surface area (Å²) in [6.07, 6.45) is 5.06. The van der Waals surface area contributed by atoms with Crippen molar-refractivity contribution < 1.29 is 28.6 Å². The highest BCUT2D eigenvalue weighted by Gasteiger charge is 2.35. The van der Waals surface area contributed by atoms with Crippen LogP contribution >= 0.6 is 11.6 Å². The first-order valence-corrected chi connectivity index (χ1v) is 13.8. The van der Waals surface area contributed by atoms with Gasteiger partial charge in [-0.3, -0.25) is 9.36 Å². The predicted molar refractivity (Wildman–Crippen MR) is 149 cm³/mol. The molecule has 4 heterocycles. The van der Waals surface area contributed by atoms with Crippen molar-refractivity contribution in [2.75, 3.05) is 32.2 Å². The van der Waals surface area contributed by atoms with Gasteiger partial charge in [0, 0.05) is 49.4 Å². The first-order valence-electron chi connectivity index (χ1n) is 13.4. The van der Waals surface area contributed by atoms with Gasteiger partial charge >= 0.3 is 6.03 Å². The van der Waals surface area contributed by atoms with Crippen LogP contribution in [-0.2, 0) is 16.1 Å². The molecule has 3 N–H and O–H groups in total. The molecule has 0 radical (unpaired) electrons. The van der Waals surface area contributed by atoms with Gasteiger partial charge in [-0.1, -0.05) is 11.6 Å². The number of nitrogens with one attached hydrogen (secondary N) is 2. The number of aromatic nitrogens is 3. The molecular weight excluding hydrogens is 555 g/mol. The van der Waals surface area contributed by atoms with Crippen molar-refractivity contribution in [3.05, 3.63) is 58.8 Å². The Balaban J connectivity index is 1.28. The second kappa shape index (κ2) is 12.4. The molecule has 2 aliphatic rings. The zero-order valence-electron chi connectivity index (χ0n) is 22.8. The van der Waals surface area contributed by atoms with Crippen LogP contribution in [0.5, 0.6) is 5.75 Å². The van der Waals surface area contributed by atoms with Crippen LogP contribution in [0.15, 0.2) is 36.7 Å². The predicted octanol–water partition coefficient (Wildman–Crippen LogP) is 3.75. The molecule has 1 saturated heterocycles. The highest BCUT2D eigenvalue weighted by atomic mass is 35.5. The SMILES string of the molecule is COc1cc(F)cc([C@@H](CCO)NC(=O)[C@H](C)N2Cc3cc(-c4nc(NC5CCOCC5)ncc4Cl)cn3C2=O)c1. The van der Waals surface area contributed by atoms with E-state index in [1.165, 1.54) is 34.9 Å². The maximum atomic E-state index is 14.1. The van der Waals surface area contributed by atoms with Crippen molar-refractivity contribution in [3.63, 3.8) is 0 Å². The van der Waals surface area contributed by atoms with Gasteiger partial charge < -0.3 is 30.1 Å². The van der Waals surface area contributed by atoms with Crippen LogP contribution in [0, 0.1) is 5.82 Å². The maximum absolute atomic E-state index is 14.1. The molecule has 0 saturated carbocycles. The number of methoxy groups -OCH3 is 1. The summed E-state index contributed by atoms with van der Waals surface area (Å²) in [5, 5.41) is 16.1. The van der Waals surface area contributed by atoms with E-state index in [0.717, 1.165) is 12.8 Å². The number of carbonyl (C=O) groups excluding carboxylic acids is 2. The summed E-state index contributed by atoms with van der Waals surface area (Å²) < 4.78 is 26.1. The number of rotatable bonds is 10. The molecule has 0 unspecified atom stereocenters. The molecule has 0 spiro atoms. The molecule has 0 bridgehead atoms. The zero-order chi connectivity index (χ0) is 29.1. The van der Waals surface area contributed by atoms with Crippen LogP contribution in [-0.4, -0.2) is 75.5 Å². The number of hydrogen-bond donors (Lipinski definition) is 3. The second-order valence-electron chi connectivity index (χ2n) is 10.1. The van der Waals surface area contributed by atoms with Crippen molar-refractivity contribution in [1.29, 1.82) is 0 Å². The Morgan fingerprint density at radius 2 is 2.07 bits per heavy atom. The zero-order valence-corrected chi connectivity index (χ0v) is 23.5. The average molecular weight is 587 g/mol. The molecule has 2 aliphatic heterocycles. The molecule has 218 valence electrons. The van der Waals surface area contributed by atoms with Gasteiger partial charge in [-0.05, 0) is 49.9 Å². The summed E-state index contributed by atoms with van der Waals surface area (Å²) in [6.45, 7) is 2.95. The average Bonchev–Trinajstić information content (AvgIpc) is 3.52. The number of aliphatic hydroxyl groups excluding tert-OH is 1. The Hall–Kier alpha value is -3.74. The quantitative estimate of drug-likeness (QED) is 0.327. The number of aliphatic hydroxyl groups is 1. The molecule has 41 heavy (non-hydrogen) atoms. The molecule has 2 atom stereocenters. The fourth-order valence-corrected chi connectivity index (χ4v) is 5.27. The standard InChI is InChI=1S/C28H32ClFN6O5/c1-16(26(38)33-24(3-6-37)17-9-19(30)12-22(11-17)40-2)35-15-21-10-18(14-36(21)28(35)39)25-23(29)13-31-27(34-25)32-20-4-7-41-8-5-20/h9-14,16,20,24,37H,3-8,15H2,1-2H3,(H,33,38)(H,31,32,34)/t16-,24+/m0/s1. The van der Waals surface area contributed by atoms with E-state index in [-0.39, 0.29) is 31.6 Å². The largest absolute Gasteiger partial charge is 0.497 e. The van der Waals surface area contributed by atoms with Gasteiger partial charge in [0.25, 0.3) is 0 Å². The van der Waals surface area contributed by atoms with E-state index in [1.807, 2.05) is 6.07 Å². The number of fused-ring (bicyclic) bond motifs is 1. The Morgan fingerprint density at radius 3 is 2.78 bits per heavy atom. The molecule has 0 aliphatic carbocycles. The van der Waals surface area contributed by atoms with Crippen LogP contribution in [0.2, 0.25) is 5.02 Å². The van der Waals surface area contributed by atoms with Crippen LogP contribution < -0.4 is 15.4 Å². The minimum absolute atomic E-state index is 0.160. The lowest BCUT2D eigenvalue weighted by molar-refractivity contribution is -0.125. The van der Waals surface area contributed by atoms with Gasteiger partial charge in [-0.2, -0.15) is 0 Å². The van der Waals surface area contributed by atoms with Crippen LogP contribution in [0.3, 0.4) is 0 Å². The third-order valence-electron chi connectivity index (χ3n) is 7.37. The van der Waals surface area contributed by atoms with E-state index in [2.05, 4.69) is 20.6 Å². The summed E-state index contributed by atoms with van der Waals surface area (Å²) in [5.41, 5.74) is 2.30. The first-order chi connectivity index (χ1) is 19.8. The molecule has 5 rings (SSSR count). The number of ether oxygens (including phenoxy) is 2. The number of amides is 2. The number of nitrogens with zero attached hydrogens (tertiary/aromatic N) is 4. The summed E-state index contributed by atoms with van der Waals surface area (Å²) in [6, 6.07) is 4.27. The first kappa shape index (κ1) is 28.8. The third kappa shape index (κ3) is 6.29. The Bertz CT molecular complexity index is 1430. The lowest BCUT2D eigenvalue weighted by Crippen LogP contribution is -2.46. The highest BCUT2D eigenvalue weighted by Crippen LogP contribution is 2.32. The fraction of sp³-hybridized carbons (Fsp3) is 0.429. The maximum Gasteiger partial charge on any atom is 0.329 e. The number of carbonyl (C=O) groups is 2. The van der Waals surface area contributed by atoms with Crippen LogP contribution in [0.25, 0.3) is 11.3 Å². The van der Waals surface area contributed by atoms with E-state index in [1.54, 1.807) is 19.2 Å². The monoisotopic (exact) mass is 586 g/mol. The topological polar surface area (TPSA) is 131 Å². The number of halogens is 2. The molecule has 1 aromatic carbocycles. The van der Waals surface area contributed by atoms with Gasteiger partial charge in [-0.15, -0.1) is 0 Å². The molecule has 1 fully saturated rings. The minimum atomic E-state index is -0.833. The second-order valence-corrected chi connectivity index (χ2v) is 10.5. The summed E-state index contributed by atoms with van der Waals surface area (Å²) in [7, 11) is 1.42. The number of hydrogen-bond acceptors (Lipinski definition) is 8. The summed E-state index contributed by atoms with van der Waals surface area (Å²) in [5.74, 6) is -0.210. The van der Waals surface area contributed by atoms with Gasteiger partial charge in [-0.25, -0.2) is 19.2 Å². The normalized spacial score (nSPS) is 16.8. The van der Waals surface area contributed by atoms with Crippen molar-refractivity contribution >= 4 is 29.5 Å². The van der Waals surface area contributed by atoms with Crippen molar-refractivity contribution in [2.45, 2.75) is 50.9 Å². The van der Waals surface area contributed by atoms with E-state index in [0.29, 0.717) is 52.4 Å². The lowest BCUT2D eigenvalue weighted by Gasteiger charge is -2.26. The Kier molecular flexibility index (Phi) is 8.71. The number of anilines is 1.